The van der Waals surface area contributed by atoms with Crippen LogP contribution in [0.5, 0.6) is 0 Å². The highest BCUT2D eigenvalue weighted by atomic mass is 16.7. The summed E-state index contributed by atoms with van der Waals surface area (Å²) in [6, 6.07) is 4.62. The second-order valence-corrected chi connectivity index (χ2v) is 2.34. The van der Waals surface area contributed by atoms with Gasteiger partial charge in [0.25, 0.3) is 5.56 Å². The number of rotatable bonds is 3. The van der Waals surface area contributed by atoms with Crippen molar-refractivity contribution in [3.05, 3.63) is 34.7 Å². The van der Waals surface area contributed by atoms with Crippen LogP contribution in [0.15, 0.2) is 29.2 Å². The molecule has 1 heterocycles. The Morgan fingerprint density at radius 3 is 2.92 bits per heavy atom. The second kappa shape index (κ2) is 3.71. The van der Waals surface area contributed by atoms with Crippen molar-refractivity contribution in [2.24, 2.45) is 0 Å². The van der Waals surface area contributed by atoms with Crippen molar-refractivity contribution in [1.82, 2.24) is 4.73 Å². The topological polar surface area (TPSA) is 48.3 Å². The summed E-state index contributed by atoms with van der Waals surface area (Å²) in [6.07, 6.45) is 1.46. The normalized spacial score (nSPS) is 9.42. The molecule has 0 atom stereocenters. The minimum atomic E-state index is -0.279. The van der Waals surface area contributed by atoms with Crippen molar-refractivity contribution >= 4 is 5.78 Å². The van der Waals surface area contributed by atoms with Gasteiger partial charge in [0.05, 0.1) is 0 Å². The monoisotopic (exact) mass is 167 g/mol. The Morgan fingerprint density at radius 2 is 2.33 bits per heavy atom. The van der Waals surface area contributed by atoms with Gasteiger partial charge in [0.1, 0.15) is 0 Å². The molecule has 0 amide bonds. The third-order valence-electron chi connectivity index (χ3n) is 1.20. The average Bonchev–Trinajstić information content (AvgIpc) is 2.03. The van der Waals surface area contributed by atoms with Gasteiger partial charge < -0.3 is 4.84 Å². The number of hydrogen-bond acceptors (Lipinski definition) is 3. The molecule has 64 valence electrons. The van der Waals surface area contributed by atoms with Crippen LogP contribution >= 0.6 is 0 Å². The van der Waals surface area contributed by atoms with Crippen molar-refractivity contribution in [1.29, 1.82) is 0 Å². The summed E-state index contributed by atoms with van der Waals surface area (Å²) in [5, 5.41) is 0. The molecule has 0 unspecified atom stereocenters. The predicted octanol–water partition coefficient (Wildman–Crippen LogP) is -0.134. The Bertz CT molecular complexity index is 329. The van der Waals surface area contributed by atoms with Crippen LogP contribution in [0.4, 0.5) is 0 Å². The molecule has 0 saturated heterocycles. The first-order valence-corrected chi connectivity index (χ1v) is 3.50. The predicted molar refractivity (Wildman–Crippen MR) is 42.8 cm³/mol. The van der Waals surface area contributed by atoms with Gasteiger partial charge in [-0.15, -0.1) is 0 Å². The summed E-state index contributed by atoms with van der Waals surface area (Å²) >= 11 is 0. The van der Waals surface area contributed by atoms with Gasteiger partial charge in [-0.25, -0.2) is 0 Å². The standard InChI is InChI=1S/C8H9NO3/c1-7(10)6-12-9-5-3-2-4-8(9)11/h2-5H,6H2,1H3. The molecule has 0 bridgehead atoms. The highest BCUT2D eigenvalue weighted by Crippen LogP contribution is 1.77. The van der Waals surface area contributed by atoms with Crippen LogP contribution in [-0.2, 0) is 4.79 Å². The summed E-state index contributed by atoms with van der Waals surface area (Å²) in [5.74, 6) is -0.120. The first-order valence-electron chi connectivity index (χ1n) is 3.50. The van der Waals surface area contributed by atoms with Gasteiger partial charge in [0.2, 0.25) is 0 Å². The molecule has 4 heteroatoms. The number of pyridine rings is 1. The zero-order chi connectivity index (χ0) is 8.97. The van der Waals surface area contributed by atoms with Gasteiger partial charge in [0, 0.05) is 12.3 Å². The fourth-order valence-corrected chi connectivity index (χ4v) is 0.680. The lowest BCUT2D eigenvalue weighted by Crippen LogP contribution is -2.28. The van der Waals surface area contributed by atoms with E-state index >= 15 is 0 Å². The number of ketones is 1. The van der Waals surface area contributed by atoms with Gasteiger partial charge in [0.15, 0.2) is 12.4 Å². The van der Waals surface area contributed by atoms with Gasteiger partial charge in [-0.1, -0.05) is 6.07 Å². The molecule has 1 aromatic heterocycles. The van der Waals surface area contributed by atoms with E-state index in [2.05, 4.69) is 0 Å². The molecule has 0 fully saturated rings. The summed E-state index contributed by atoms with van der Waals surface area (Å²) in [4.78, 5) is 26.3. The SMILES string of the molecule is CC(=O)COn1ccccc1=O. The fourth-order valence-electron chi connectivity index (χ4n) is 0.680. The Kier molecular flexibility index (Phi) is 2.63. The number of aromatic nitrogens is 1. The van der Waals surface area contributed by atoms with Gasteiger partial charge >= 0.3 is 0 Å². The zero-order valence-corrected chi connectivity index (χ0v) is 6.69. The van der Waals surface area contributed by atoms with Crippen LogP contribution < -0.4 is 10.4 Å². The average molecular weight is 167 g/mol. The molecule has 0 aliphatic rings. The first-order chi connectivity index (χ1) is 5.70. The van der Waals surface area contributed by atoms with Crippen LogP contribution in [0.2, 0.25) is 0 Å². The van der Waals surface area contributed by atoms with Crippen LogP contribution in [0.1, 0.15) is 6.92 Å². The minimum absolute atomic E-state index is 0.0794. The van der Waals surface area contributed by atoms with Crippen molar-refractivity contribution in [2.75, 3.05) is 6.61 Å². The lowest BCUT2D eigenvalue weighted by atomic mass is 10.5. The molecule has 0 saturated carbocycles. The maximum Gasteiger partial charge on any atom is 0.282 e. The molecule has 0 N–H and O–H groups in total. The number of nitrogens with zero attached hydrogens (tertiary/aromatic N) is 1. The number of hydrogen-bond donors (Lipinski definition) is 0. The Hall–Kier alpha value is -1.58. The highest BCUT2D eigenvalue weighted by Gasteiger charge is 1.95. The van der Waals surface area contributed by atoms with E-state index in [4.69, 9.17) is 4.84 Å². The number of carbonyl (C=O) groups excluding carboxylic acids is 1. The molecule has 4 nitrogen and oxygen atoms in total. The molecule has 0 aliphatic heterocycles. The fraction of sp³-hybridized carbons (Fsp3) is 0.250. The molecule has 1 aromatic rings. The summed E-state index contributed by atoms with van der Waals surface area (Å²) in [6.45, 7) is 1.32. The number of carbonyl (C=O) groups is 1. The smallest absolute Gasteiger partial charge is 0.282 e. The summed E-state index contributed by atoms with van der Waals surface area (Å²) in [5.41, 5.74) is -0.279. The summed E-state index contributed by atoms with van der Waals surface area (Å²) in [7, 11) is 0. The van der Waals surface area contributed by atoms with Crippen molar-refractivity contribution in [2.45, 2.75) is 6.92 Å². The van der Waals surface area contributed by atoms with E-state index in [1.807, 2.05) is 0 Å². The molecule has 0 aliphatic carbocycles. The lowest BCUT2D eigenvalue weighted by molar-refractivity contribution is -0.121. The maximum atomic E-state index is 11.0. The third kappa shape index (κ3) is 2.23. The van der Waals surface area contributed by atoms with E-state index in [1.165, 1.54) is 19.2 Å². The van der Waals surface area contributed by atoms with E-state index in [0.29, 0.717) is 0 Å². The zero-order valence-electron chi connectivity index (χ0n) is 6.69. The van der Waals surface area contributed by atoms with E-state index in [0.717, 1.165) is 4.73 Å². The third-order valence-corrected chi connectivity index (χ3v) is 1.20. The van der Waals surface area contributed by atoms with Crippen LogP contribution in [0.25, 0.3) is 0 Å². The lowest BCUT2D eigenvalue weighted by Gasteiger charge is -2.03. The minimum Gasteiger partial charge on any atom is -0.403 e. The largest absolute Gasteiger partial charge is 0.403 e. The maximum absolute atomic E-state index is 11.0. The Balaban J connectivity index is 2.70. The highest BCUT2D eigenvalue weighted by molar-refractivity contribution is 5.76. The van der Waals surface area contributed by atoms with E-state index in [-0.39, 0.29) is 17.9 Å². The second-order valence-electron chi connectivity index (χ2n) is 2.34. The quantitative estimate of drug-likeness (QED) is 0.629. The number of Topliss-reactive ketones (excluding diaryl/α,β-unsaturated/α-hetero) is 1. The van der Waals surface area contributed by atoms with Crippen molar-refractivity contribution < 1.29 is 9.63 Å². The van der Waals surface area contributed by atoms with E-state index in [9.17, 15) is 9.59 Å². The Labute approximate surface area is 69.3 Å². The molecule has 12 heavy (non-hydrogen) atoms. The molecule has 0 radical (unpaired) electrons. The summed E-state index contributed by atoms with van der Waals surface area (Å²) < 4.78 is 1.03. The van der Waals surface area contributed by atoms with E-state index < -0.39 is 0 Å². The van der Waals surface area contributed by atoms with Crippen LogP contribution in [-0.4, -0.2) is 17.1 Å². The van der Waals surface area contributed by atoms with E-state index in [1.54, 1.807) is 12.1 Å². The van der Waals surface area contributed by atoms with Crippen molar-refractivity contribution in [3.63, 3.8) is 0 Å². The van der Waals surface area contributed by atoms with Crippen molar-refractivity contribution in [3.8, 4) is 0 Å². The molecular weight excluding hydrogens is 158 g/mol. The molecule has 0 aromatic carbocycles. The Morgan fingerprint density at radius 1 is 1.58 bits per heavy atom. The van der Waals surface area contributed by atoms with Crippen LogP contribution in [0.3, 0.4) is 0 Å². The van der Waals surface area contributed by atoms with Gasteiger partial charge in [-0.05, 0) is 13.0 Å². The van der Waals surface area contributed by atoms with Gasteiger partial charge in [-0.3, -0.25) is 9.59 Å². The van der Waals surface area contributed by atoms with Crippen LogP contribution in [0, 0.1) is 0 Å². The molecule has 1 rings (SSSR count). The first kappa shape index (κ1) is 8.52. The van der Waals surface area contributed by atoms with Gasteiger partial charge in [-0.2, -0.15) is 4.73 Å². The molecular formula is C8H9NO3. The molecule has 0 spiro atoms.